The number of para-hydroxylation sites is 1. The number of rotatable bonds is 5. The summed E-state index contributed by atoms with van der Waals surface area (Å²) in [6.45, 7) is 2.71. The van der Waals surface area contributed by atoms with Crippen LogP contribution in [-0.2, 0) is 35.6 Å². The number of hydrogen-bond donors (Lipinski definition) is 2. The molecule has 3 aliphatic heterocycles. The summed E-state index contributed by atoms with van der Waals surface area (Å²) in [5.41, 5.74) is 6.18. The number of hydrogen-bond acceptors (Lipinski definition) is 4. The summed E-state index contributed by atoms with van der Waals surface area (Å²) in [6.07, 6.45) is 3.98. The van der Waals surface area contributed by atoms with E-state index in [1.54, 1.807) is 0 Å². The van der Waals surface area contributed by atoms with Crippen molar-refractivity contribution in [2.45, 2.75) is 51.4 Å². The molecular weight excluding hydrogens is 528 g/mol. The number of carbonyl (C=O) groups is 3. The molecule has 2 N–H and O–H groups in total. The van der Waals surface area contributed by atoms with Crippen LogP contribution in [0.25, 0.3) is 10.9 Å². The molecule has 3 aromatic carbocycles. The number of fused-ring (bicyclic) bond motifs is 4. The molecule has 3 aliphatic rings. The van der Waals surface area contributed by atoms with Crippen molar-refractivity contribution in [3.8, 4) is 0 Å². The van der Waals surface area contributed by atoms with Gasteiger partial charge < -0.3 is 20.0 Å². The number of likely N-dealkylation sites (tertiary alicyclic amines) is 1. The van der Waals surface area contributed by atoms with E-state index in [0.29, 0.717) is 39.1 Å². The van der Waals surface area contributed by atoms with Crippen LogP contribution in [0.15, 0.2) is 72.9 Å². The van der Waals surface area contributed by atoms with E-state index in [0.717, 1.165) is 51.7 Å². The molecule has 214 valence electrons. The highest BCUT2D eigenvalue weighted by Crippen LogP contribution is 2.32. The molecule has 0 spiro atoms. The van der Waals surface area contributed by atoms with Crippen LogP contribution in [0.5, 0.6) is 0 Å². The van der Waals surface area contributed by atoms with Gasteiger partial charge in [-0.3, -0.25) is 14.7 Å². The summed E-state index contributed by atoms with van der Waals surface area (Å²) in [6, 6.07) is 22.0. The minimum absolute atomic E-state index is 0.00717. The van der Waals surface area contributed by atoms with Gasteiger partial charge in [-0.05, 0) is 53.6 Å². The predicted molar refractivity (Wildman–Crippen MR) is 159 cm³/mol. The molecule has 1 unspecified atom stereocenters. The van der Waals surface area contributed by atoms with Gasteiger partial charge in [0.15, 0.2) is 0 Å². The number of nitrogens with zero attached hydrogens (tertiary/aromatic N) is 4. The molecular formula is C33H34N6O3. The van der Waals surface area contributed by atoms with Crippen molar-refractivity contribution < 1.29 is 14.4 Å². The minimum Gasteiger partial charge on any atom is -0.343 e. The maximum atomic E-state index is 14.0. The zero-order chi connectivity index (χ0) is 28.6. The van der Waals surface area contributed by atoms with Crippen LogP contribution in [0.4, 0.5) is 10.5 Å². The summed E-state index contributed by atoms with van der Waals surface area (Å²) in [5.74, 6) is -0.416. The zero-order valence-corrected chi connectivity index (χ0v) is 23.5. The first-order valence-corrected chi connectivity index (χ1v) is 14.7. The molecule has 0 aliphatic carbocycles. The maximum absolute atomic E-state index is 14.0. The highest BCUT2D eigenvalue weighted by molar-refractivity contribution is 5.92. The molecule has 1 aromatic heterocycles. The number of amides is 4. The molecule has 9 nitrogen and oxygen atoms in total. The van der Waals surface area contributed by atoms with E-state index in [2.05, 4.69) is 21.6 Å². The largest absolute Gasteiger partial charge is 0.343 e. The SMILES string of the molecule is O=C(CC1Cc2ccc3[nH]ncc3c2CN(Cc2ccccc2)C1=O)N1CCC(N2Cc3ccccc3NC2=O)CC1. The van der Waals surface area contributed by atoms with E-state index in [9.17, 15) is 14.4 Å². The van der Waals surface area contributed by atoms with Gasteiger partial charge in [0.05, 0.1) is 17.6 Å². The number of urea groups is 1. The van der Waals surface area contributed by atoms with Gasteiger partial charge in [-0.2, -0.15) is 5.10 Å². The Morgan fingerprint density at radius 2 is 1.69 bits per heavy atom. The molecule has 7 rings (SSSR count). The third-order valence-corrected chi connectivity index (χ3v) is 9.06. The van der Waals surface area contributed by atoms with Crippen LogP contribution in [-0.4, -0.2) is 61.9 Å². The average molecular weight is 563 g/mol. The van der Waals surface area contributed by atoms with Gasteiger partial charge in [-0.15, -0.1) is 0 Å². The smallest absolute Gasteiger partial charge is 0.322 e. The molecule has 1 fully saturated rings. The number of aromatic amines is 1. The van der Waals surface area contributed by atoms with Gasteiger partial charge in [-0.1, -0.05) is 54.6 Å². The number of H-pyrrole nitrogens is 1. The molecule has 0 radical (unpaired) electrons. The summed E-state index contributed by atoms with van der Waals surface area (Å²) in [4.78, 5) is 46.1. The van der Waals surface area contributed by atoms with Crippen molar-refractivity contribution in [3.63, 3.8) is 0 Å². The molecule has 0 bridgehead atoms. The van der Waals surface area contributed by atoms with Crippen molar-refractivity contribution in [2.75, 3.05) is 18.4 Å². The Morgan fingerprint density at radius 1 is 0.905 bits per heavy atom. The fraction of sp³-hybridized carbons (Fsp3) is 0.333. The second kappa shape index (κ2) is 11.0. The zero-order valence-electron chi connectivity index (χ0n) is 23.5. The number of nitrogens with one attached hydrogen (secondary N) is 2. The fourth-order valence-corrected chi connectivity index (χ4v) is 6.76. The van der Waals surface area contributed by atoms with Gasteiger partial charge in [0.25, 0.3) is 0 Å². The molecule has 4 amide bonds. The lowest BCUT2D eigenvalue weighted by molar-refractivity contribution is -0.142. The number of piperidine rings is 1. The van der Waals surface area contributed by atoms with Crippen LogP contribution in [0.2, 0.25) is 0 Å². The Morgan fingerprint density at radius 3 is 2.52 bits per heavy atom. The van der Waals surface area contributed by atoms with E-state index in [-0.39, 0.29) is 30.3 Å². The molecule has 1 saturated heterocycles. The highest BCUT2D eigenvalue weighted by atomic mass is 16.2. The lowest BCUT2D eigenvalue weighted by Gasteiger charge is -2.40. The van der Waals surface area contributed by atoms with Gasteiger partial charge in [-0.25, -0.2) is 4.79 Å². The predicted octanol–water partition coefficient (Wildman–Crippen LogP) is 4.69. The van der Waals surface area contributed by atoms with Crippen molar-refractivity contribution in [1.29, 1.82) is 0 Å². The van der Waals surface area contributed by atoms with Crippen LogP contribution in [0.3, 0.4) is 0 Å². The lowest BCUT2D eigenvalue weighted by atomic mass is 9.92. The van der Waals surface area contributed by atoms with Crippen LogP contribution in [0.1, 0.15) is 41.5 Å². The number of anilines is 1. The van der Waals surface area contributed by atoms with Crippen LogP contribution >= 0.6 is 0 Å². The molecule has 1 atom stereocenters. The standard InChI is InChI=1S/C33H34N6O3/c40-31(37-14-12-26(13-15-37)39-20-24-8-4-5-9-29(24)35-33(39)42)17-25-16-23-10-11-30-27(18-34-36-30)28(23)21-38(32(25)41)19-22-6-2-1-3-7-22/h1-11,18,25-26H,12-17,19-21H2,(H,34,36)(H,35,42). The second-order valence-electron chi connectivity index (χ2n) is 11.6. The Bertz CT molecular complexity index is 1640. The van der Waals surface area contributed by atoms with E-state index < -0.39 is 5.92 Å². The summed E-state index contributed by atoms with van der Waals surface area (Å²) in [5, 5.41) is 11.3. The second-order valence-corrected chi connectivity index (χ2v) is 11.6. The maximum Gasteiger partial charge on any atom is 0.322 e. The van der Waals surface area contributed by atoms with Crippen LogP contribution in [0, 0.1) is 5.92 Å². The third-order valence-electron chi connectivity index (χ3n) is 9.06. The van der Waals surface area contributed by atoms with Gasteiger partial charge in [0, 0.05) is 56.3 Å². The summed E-state index contributed by atoms with van der Waals surface area (Å²) >= 11 is 0. The van der Waals surface area contributed by atoms with Gasteiger partial charge in [0.2, 0.25) is 11.8 Å². The monoisotopic (exact) mass is 562 g/mol. The average Bonchev–Trinajstić information content (AvgIpc) is 3.46. The van der Waals surface area contributed by atoms with E-state index in [1.165, 1.54) is 0 Å². The van der Waals surface area contributed by atoms with Crippen molar-refractivity contribution in [1.82, 2.24) is 24.9 Å². The minimum atomic E-state index is -0.436. The molecule has 9 heteroatoms. The fourth-order valence-electron chi connectivity index (χ4n) is 6.76. The molecule has 0 saturated carbocycles. The molecule has 4 aromatic rings. The Kier molecular flexibility index (Phi) is 6.85. The Hall–Kier alpha value is -4.66. The first-order valence-electron chi connectivity index (χ1n) is 14.7. The third kappa shape index (κ3) is 5.00. The Balaban J connectivity index is 1.06. The van der Waals surface area contributed by atoms with E-state index in [4.69, 9.17) is 0 Å². The quantitative estimate of drug-likeness (QED) is 0.368. The number of aromatic nitrogens is 2. The van der Waals surface area contributed by atoms with E-state index >= 15 is 0 Å². The van der Waals surface area contributed by atoms with Crippen molar-refractivity contribution in [3.05, 3.63) is 95.2 Å². The van der Waals surface area contributed by atoms with Gasteiger partial charge >= 0.3 is 6.03 Å². The first-order chi connectivity index (χ1) is 20.5. The molecule has 42 heavy (non-hydrogen) atoms. The topological polar surface area (TPSA) is 102 Å². The van der Waals surface area contributed by atoms with E-state index in [1.807, 2.05) is 81.6 Å². The van der Waals surface area contributed by atoms with Gasteiger partial charge in [0.1, 0.15) is 0 Å². The van der Waals surface area contributed by atoms with Crippen LogP contribution < -0.4 is 5.32 Å². The van der Waals surface area contributed by atoms with Crippen molar-refractivity contribution in [2.24, 2.45) is 5.92 Å². The highest BCUT2D eigenvalue weighted by Gasteiger charge is 2.36. The summed E-state index contributed by atoms with van der Waals surface area (Å²) in [7, 11) is 0. The Labute approximate surface area is 244 Å². The van der Waals surface area contributed by atoms with Crippen molar-refractivity contribution >= 4 is 34.4 Å². The molecule has 4 heterocycles. The number of carbonyl (C=O) groups excluding carboxylic acids is 3. The normalized spacial score (nSPS) is 19.3. The first kappa shape index (κ1) is 26.3. The lowest BCUT2D eigenvalue weighted by Crippen LogP contribution is -2.51. The number of benzene rings is 3. The summed E-state index contributed by atoms with van der Waals surface area (Å²) < 4.78 is 0.